The Hall–Kier alpha value is -1.36. The van der Waals surface area contributed by atoms with Crippen molar-refractivity contribution >= 4 is 5.91 Å². The van der Waals surface area contributed by atoms with Crippen LogP contribution in [-0.2, 0) is 12.5 Å². The lowest BCUT2D eigenvalue weighted by atomic mass is 9.92. The maximum Gasteiger partial charge on any atom is 0.269 e. The van der Waals surface area contributed by atoms with Gasteiger partial charge in [-0.1, -0.05) is 40.5 Å². The van der Waals surface area contributed by atoms with Crippen molar-refractivity contribution in [3.8, 4) is 0 Å². The highest BCUT2D eigenvalue weighted by Crippen LogP contribution is 2.21. The van der Waals surface area contributed by atoms with E-state index in [0.29, 0.717) is 12.2 Å². The lowest BCUT2D eigenvalue weighted by molar-refractivity contribution is 0.0926. The van der Waals surface area contributed by atoms with Gasteiger partial charge in [0, 0.05) is 25.0 Å². The highest BCUT2D eigenvalue weighted by molar-refractivity contribution is 5.92. The number of carbonyl (C=O) groups is 1. The van der Waals surface area contributed by atoms with E-state index < -0.39 is 0 Å². The van der Waals surface area contributed by atoms with Crippen LogP contribution in [-0.4, -0.2) is 28.3 Å². The topological polar surface area (TPSA) is 72.9 Å². The predicted octanol–water partition coefficient (Wildman–Crippen LogP) is 1.96. The lowest BCUT2D eigenvalue weighted by Crippen LogP contribution is -2.40. The van der Waals surface area contributed by atoms with Crippen LogP contribution in [0.4, 0.5) is 0 Å². The first-order chi connectivity index (χ1) is 9.29. The number of nitrogens with two attached hydrogens (primary N) is 1. The Bertz CT molecular complexity index is 445. The van der Waals surface area contributed by atoms with Crippen LogP contribution in [0.25, 0.3) is 0 Å². The minimum absolute atomic E-state index is 0.0374. The maximum atomic E-state index is 12.3. The molecule has 0 spiro atoms. The highest BCUT2D eigenvalue weighted by Gasteiger charge is 2.22. The number of unbranched alkanes of at least 4 members (excludes halogenated alkanes) is 1. The minimum atomic E-state index is -0.0953. The first-order valence-corrected chi connectivity index (χ1v) is 7.35. The van der Waals surface area contributed by atoms with Crippen molar-refractivity contribution in [2.24, 2.45) is 12.8 Å². The van der Waals surface area contributed by atoms with Gasteiger partial charge in [0.05, 0.1) is 5.69 Å². The van der Waals surface area contributed by atoms with E-state index in [2.05, 4.69) is 38.1 Å². The van der Waals surface area contributed by atoms with Crippen molar-refractivity contribution in [1.82, 2.24) is 15.1 Å². The van der Waals surface area contributed by atoms with Crippen LogP contribution in [0, 0.1) is 0 Å². The van der Waals surface area contributed by atoms with Crippen molar-refractivity contribution in [1.29, 1.82) is 0 Å². The Kier molecular flexibility index (Phi) is 5.74. The lowest BCUT2D eigenvalue weighted by Gasteiger charge is -2.16. The number of aryl methyl sites for hydroxylation is 1. The number of hydrogen-bond donors (Lipinski definition) is 2. The fraction of sp³-hybridized carbons (Fsp3) is 0.733. The third-order valence-corrected chi connectivity index (χ3v) is 3.41. The zero-order valence-electron chi connectivity index (χ0n) is 13.4. The molecule has 0 aromatic carbocycles. The number of amides is 1. The molecule has 20 heavy (non-hydrogen) atoms. The summed E-state index contributed by atoms with van der Waals surface area (Å²) in [5, 5.41) is 7.42. The fourth-order valence-corrected chi connectivity index (χ4v) is 2.01. The second-order valence-electron chi connectivity index (χ2n) is 6.34. The summed E-state index contributed by atoms with van der Waals surface area (Å²) in [5.41, 5.74) is 7.16. The number of carbonyl (C=O) groups excluding carboxylic acids is 1. The molecule has 0 aliphatic rings. The van der Waals surface area contributed by atoms with E-state index in [-0.39, 0.29) is 17.4 Å². The first kappa shape index (κ1) is 16.7. The zero-order chi connectivity index (χ0) is 15.3. The van der Waals surface area contributed by atoms with Crippen LogP contribution in [0.3, 0.4) is 0 Å². The second kappa shape index (κ2) is 6.88. The van der Waals surface area contributed by atoms with Gasteiger partial charge < -0.3 is 11.1 Å². The average molecular weight is 280 g/mol. The van der Waals surface area contributed by atoms with Crippen molar-refractivity contribution in [3.63, 3.8) is 0 Å². The van der Waals surface area contributed by atoms with Gasteiger partial charge >= 0.3 is 0 Å². The number of aromatic nitrogens is 2. The maximum absolute atomic E-state index is 12.3. The fourth-order valence-electron chi connectivity index (χ4n) is 2.01. The molecule has 1 aromatic heterocycles. The molecular weight excluding hydrogens is 252 g/mol. The molecular formula is C15H28N4O. The molecule has 0 fully saturated rings. The Morgan fingerprint density at radius 3 is 2.60 bits per heavy atom. The van der Waals surface area contributed by atoms with E-state index in [4.69, 9.17) is 5.73 Å². The van der Waals surface area contributed by atoms with Crippen LogP contribution < -0.4 is 11.1 Å². The van der Waals surface area contributed by atoms with Gasteiger partial charge in [0.2, 0.25) is 0 Å². The summed E-state index contributed by atoms with van der Waals surface area (Å²) >= 11 is 0. The second-order valence-corrected chi connectivity index (χ2v) is 6.34. The largest absolute Gasteiger partial charge is 0.347 e. The van der Waals surface area contributed by atoms with E-state index >= 15 is 0 Å². The Morgan fingerprint density at radius 2 is 2.15 bits per heavy atom. The molecule has 1 unspecified atom stereocenters. The molecule has 0 aliphatic carbocycles. The van der Waals surface area contributed by atoms with Gasteiger partial charge in [-0.2, -0.15) is 5.10 Å². The summed E-state index contributed by atoms with van der Waals surface area (Å²) in [4.78, 5) is 12.3. The zero-order valence-corrected chi connectivity index (χ0v) is 13.4. The molecule has 0 radical (unpaired) electrons. The van der Waals surface area contributed by atoms with Crippen LogP contribution in [0.5, 0.6) is 0 Å². The van der Waals surface area contributed by atoms with Gasteiger partial charge in [-0.3, -0.25) is 9.48 Å². The van der Waals surface area contributed by atoms with Crippen molar-refractivity contribution in [3.05, 3.63) is 17.5 Å². The summed E-state index contributed by atoms with van der Waals surface area (Å²) < 4.78 is 1.64. The van der Waals surface area contributed by atoms with Crippen molar-refractivity contribution in [2.75, 3.05) is 6.54 Å². The van der Waals surface area contributed by atoms with Gasteiger partial charge in [-0.15, -0.1) is 0 Å². The molecule has 1 heterocycles. The van der Waals surface area contributed by atoms with Gasteiger partial charge in [-0.25, -0.2) is 0 Å². The number of nitrogens with one attached hydrogen (secondary N) is 1. The summed E-state index contributed by atoms with van der Waals surface area (Å²) in [6, 6.07) is 1.90. The summed E-state index contributed by atoms with van der Waals surface area (Å²) in [6.07, 6.45) is 3.09. The van der Waals surface area contributed by atoms with Crippen molar-refractivity contribution < 1.29 is 4.79 Å². The Morgan fingerprint density at radius 1 is 1.50 bits per heavy atom. The molecule has 0 bridgehead atoms. The molecule has 3 N–H and O–H groups in total. The molecule has 1 atom stereocenters. The van der Waals surface area contributed by atoms with E-state index in [0.717, 1.165) is 25.0 Å². The van der Waals surface area contributed by atoms with Crippen LogP contribution >= 0.6 is 0 Å². The van der Waals surface area contributed by atoms with Crippen molar-refractivity contribution in [2.45, 2.75) is 58.4 Å². The monoisotopic (exact) mass is 280 g/mol. The molecule has 0 aliphatic heterocycles. The Balaban J connectivity index is 2.79. The van der Waals surface area contributed by atoms with Gasteiger partial charge in [0.1, 0.15) is 5.69 Å². The smallest absolute Gasteiger partial charge is 0.269 e. The number of rotatable bonds is 6. The number of hydrogen-bond acceptors (Lipinski definition) is 3. The van der Waals surface area contributed by atoms with E-state index in [9.17, 15) is 4.79 Å². The Labute approximate surface area is 121 Å². The molecule has 5 nitrogen and oxygen atoms in total. The predicted molar refractivity (Wildman–Crippen MR) is 81.7 cm³/mol. The van der Waals surface area contributed by atoms with E-state index in [1.807, 2.05) is 6.07 Å². The van der Waals surface area contributed by atoms with Crippen LogP contribution in [0.2, 0.25) is 0 Å². The summed E-state index contributed by atoms with van der Waals surface area (Å²) in [5.74, 6) is -0.0953. The third-order valence-electron chi connectivity index (χ3n) is 3.41. The average Bonchev–Trinajstić information content (AvgIpc) is 2.76. The normalized spacial score (nSPS) is 13.3. The molecule has 0 saturated carbocycles. The van der Waals surface area contributed by atoms with E-state index in [1.165, 1.54) is 0 Å². The molecule has 1 rings (SSSR count). The molecule has 5 heteroatoms. The summed E-state index contributed by atoms with van der Waals surface area (Å²) in [6.45, 7) is 8.85. The molecule has 114 valence electrons. The first-order valence-electron chi connectivity index (χ1n) is 7.35. The third kappa shape index (κ3) is 4.34. The standard InChI is InChI=1S/C15H28N4O/c1-6-7-8-11(10-16)17-14(20)12-9-13(15(2,3)4)18-19(12)5/h9,11H,6-8,10,16H2,1-5H3,(H,17,20). The minimum Gasteiger partial charge on any atom is -0.347 e. The SMILES string of the molecule is CCCCC(CN)NC(=O)c1cc(C(C)(C)C)nn1C. The summed E-state index contributed by atoms with van der Waals surface area (Å²) in [7, 11) is 1.80. The van der Waals surface area contributed by atoms with Crippen LogP contribution in [0.1, 0.15) is 63.1 Å². The number of nitrogens with zero attached hydrogens (tertiary/aromatic N) is 2. The highest BCUT2D eigenvalue weighted by atomic mass is 16.2. The molecule has 1 amide bonds. The molecule has 1 aromatic rings. The quantitative estimate of drug-likeness (QED) is 0.836. The van der Waals surface area contributed by atoms with Gasteiger partial charge in [-0.05, 0) is 12.5 Å². The van der Waals surface area contributed by atoms with Gasteiger partial charge in [0.25, 0.3) is 5.91 Å². The van der Waals surface area contributed by atoms with Gasteiger partial charge in [0.15, 0.2) is 0 Å². The molecule has 0 saturated heterocycles. The van der Waals surface area contributed by atoms with E-state index in [1.54, 1.807) is 11.7 Å². The van der Waals surface area contributed by atoms with Crippen LogP contribution in [0.15, 0.2) is 6.07 Å².